The fourth-order valence-corrected chi connectivity index (χ4v) is 1.76. The third-order valence-corrected chi connectivity index (χ3v) is 2.89. The van der Waals surface area contributed by atoms with E-state index in [0.717, 1.165) is 0 Å². The summed E-state index contributed by atoms with van der Waals surface area (Å²) in [5, 5.41) is 2.88. The summed E-state index contributed by atoms with van der Waals surface area (Å²) in [4.78, 5) is 11.6. The van der Waals surface area contributed by atoms with Crippen LogP contribution in [0.25, 0.3) is 6.08 Å². The van der Waals surface area contributed by atoms with E-state index in [1.807, 2.05) is 18.2 Å². The van der Waals surface area contributed by atoms with Gasteiger partial charge in [-0.1, -0.05) is 37.3 Å². The number of carbonyl (C=O) groups excluding carboxylic acids is 1. The lowest BCUT2D eigenvalue weighted by molar-refractivity contribution is -0.116. The topological polar surface area (TPSA) is 42.2 Å². The molecule has 1 heterocycles. The summed E-state index contributed by atoms with van der Waals surface area (Å²) >= 11 is 0. The first-order chi connectivity index (χ1) is 9.25. The molecule has 3 heteroatoms. The molecule has 0 saturated carbocycles. The van der Waals surface area contributed by atoms with Gasteiger partial charge in [0.2, 0.25) is 5.91 Å². The zero-order chi connectivity index (χ0) is 13.5. The van der Waals surface area contributed by atoms with Gasteiger partial charge in [-0.3, -0.25) is 4.79 Å². The number of hydrogen-bond donors (Lipinski definition) is 1. The summed E-state index contributed by atoms with van der Waals surface area (Å²) in [6.07, 6.45) is 4.72. The predicted octanol–water partition coefficient (Wildman–Crippen LogP) is 3.21. The van der Waals surface area contributed by atoms with Gasteiger partial charge in [-0.05, 0) is 29.7 Å². The monoisotopic (exact) mass is 255 g/mol. The molecule has 1 amide bonds. The largest absolute Gasteiger partial charge is 0.465 e. The van der Waals surface area contributed by atoms with Crippen molar-refractivity contribution >= 4 is 12.0 Å². The van der Waals surface area contributed by atoms with E-state index in [0.29, 0.717) is 18.2 Å². The molecule has 19 heavy (non-hydrogen) atoms. The molecule has 0 aliphatic carbocycles. The Balaban J connectivity index is 1.81. The maximum absolute atomic E-state index is 11.6. The van der Waals surface area contributed by atoms with Crippen LogP contribution in [0.3, 0.4) is 0 Å². The highest BCUT2D eigenvalue weighted by Gasteiger charge is 2.05. The highest BCUT2D eigenvalue weighted by Crippen LogP contribution is 2.12. The Morgan fingerprint density at radius 1 is 1.26 bits per heavy atom. The molecule has 0 spiro atoms. The number of amides is 1. The molecule has 0 unspecified atom stereocenters. The lowest BCUT2D eigenvalue weighted by atomic mass is 10.0. The third kappa shape index (κ3) is 4.14. The normalized spacial score (nSPS) is 12.5. The second-order valence-corrected chi connectivity index (χ2v) is 4.41. The summed E-state index contributed by atoms with van der Waals surface area (Å²) in [6.45, 7) is 2.71. The highest BCUT2D eigenvalue weighted by molar-refractivity contribution is 5.91. The molecule has 2 aromatic rings. The zero-order valence-electron chi connectivity index (χ0n) is 10.9. The Hall–Kier alpha value is -2.29. The molecule has 0 saturated heterocycles. The van der Waals surface area contributed by atoms with E-state index in [1.54, 1.807) is 24.5 Å². The molecule has 2 rings (SSSR count). The SMILES string of the molecule is C[C@H](CNC(=O)/C=C/c1ccco1)c1ccccc1. The highest BCUT2D eigenvalue weighted by atomic mass is 16.3. The van der Waals surface area contributed by atoms with E-state index < -0.39 is 0 Å². The predicted molar refractivity (Wildman–Crippen MR) is 75.6 cm³/mol. The molecule has 0 aliphatic heterocycles. The minimum atomic E-state index is -0.112. The molecule has 0 radical (unpaired) electrons. The smallest absolute Gasteiger partial charge is 0.244 e. The van der Waals surface area contributed by atoms with Crippen LogP contribution in [0.5, 0.6) is 0 Å². The van der Waals surface area contributed by atoms with Crippen molar-refractivity contribution in [2.24, 2.45) is 0 Å². The van der Waals surface area contributed by atoms with E-state index in [2.05, 4.69) is 24.4 Å². The summed E-state index contributed by atoms with van der Waals surface area (Å²) in [5.41, 5.74) is 1.22. The van der Waals surface area contributed by atoms with Crippen molar-refractivity contribution in [3.8, 4) is 0 Å². The Morgan fingerprint density at radius 2 is 2.05 bits per heavy atom. The molecule has 0 bridgehead atoms. The molecule has 0 aliphatic rings. The van der Waals surface area contributed by atoms with Crippen LogP contribution in [0.15, 0.2) is 59.2 Å². The summed E-state index contributed by atoms with van der Waals surface area (Å²) < 4.78 is 5.11. The molecule has 1 aromatic heterocycles. The molecular weight excluding hydrogens is 238 g/mol. The Morgan fingerprint density at radius 3 is 2.74 bits per heavy atom. The maximum atomic E-state index is 11.6. The molecule has 3 nitrogen and oxygen atoms in total. The summed E-state index contributed by atoms with van der Waals surface area (Å²) in [6, 6.07) is 13.7. The number of carbonyl (C=O) groups is 1. The Bertz CT molecular complexity index is 529. The van der Waals surface area contributed by atoms with Gasteiger partial charge in [0.25, 0.3) is 0 Å². The lowest BCUT2D eigenvalue weighted by Gasteiger charge is -2.11. The molecule has 1 atom stereocenters. The van der Waals surface area contributed by atoms with Crippen molar-refractivity contribution in [3.05, 3.63) is 66.1 Å². The zero-order valence-corrected chi connectivity index (χ0v) is 10.9. The van der Waals surface area contributed by atoms with E-state index in [-0.39, 0.29) is 5.91 Å². The van der Waals surface area contributed by atoms with Gasteiger partial charge in [-0.15, -0.1) is 0 Å². The summed E-state index contributed by atoms with van der Waals surface area (Å²) in [5.74, 6) is 0.854. The minimum Gasteiger partial charge on any atom is -0.465 e. The van der Waals surface area contributed by atoms with E-state index in [9.17, 15) is 4.79 Å². The van der Waals surface area contributed by atoms with Crippen molar-refractivity contribution in [1.29, 1.82) is 0 Å². The number of nitrogens with one attached hydrogen (secondary N) is 1. The van der Waals surface area contributed by atoms with Crippen molar-refractivity contribution < 1.29 is 9.21 Å². The van der Waals surface area contributed by atoms with Crippen LogP contribution >= 0.6 is 0 Å². The number of furan rings is 1. The van der Waals surface area contributed by atoms with Crippen LogP contribution in [-0.4, -0.2) is 12.5 Å². The van der Waals surface area contributed by atoms with Crippen LogP contribution in [0.2, 0.25) is 0 Å². The first-order valence-corrected chi connectivity index (χ1v) is 6.30. The van der Waals surface area contributed by atoms with Crippen LogP contribution in [0.1, 0.15) is 24.2 Å². The second-order valence-electron chi connectivity index (χ2n) is 4.41. The van der Waals surface area contributed by atoms with Crippen molar-refractivity contribution in [3.63, 3.8) is 0 Å². The first-order valence-electron chi connectivity index (χ1n) is 6.30. The second kappa shape index (κ2) is 6.59. The minimum absolute atomic E-state index is 0.112. The van der Waals surface area contributed by atoms with Gasteiger partial charge in [-0.2, -0.15) is 0 Å². The fourth-order valence-electron chi connectivity index (χ4n) is 1.76. The Labute approximate surface area is 112 Å². The van der Waals surface area contributed by atoms with Crippen molar-refractivity contribution in [2.45, 2.75) is 12.8 Å². The van der Waals surface area contributed by atoms with Gasteiger partial charge >= 0.3 is 0 Å². The Kier molecular flexibility index (Phi) is 4.56. The molecule has 1 N–H and O–H groups in total. The van der Waals surface area contributed by atoms with Crippen molar-refractivity contribution in [1.82, 2.24) is 5.32 Å². The first kappa shape index (κ1) is 13.1. The number of benzene rings is 1. The van der Waals surface area contributed by atoms with Gasteiger partial charge in [0.05, 0.1) is 6.26 Å². The van der Waals surface area contributed by atoms with E-state index >= 15 is 0 Å². The van der Waals surface area contributed by atoms with Crippen molar-refractivity contribution in [2.75, 3.05) is 6.54 Å². The van der Waals surface area contributed by atoms with Crippen LogP contribution in [0.4, 0.5) is 0 Å². The third-order valence-electron chi connectivity index (χ3n) is 2.89. The number of hydrogen-bond acceptors (Lipinski definition) is 2. The van der Waals surface area contributed by atoms with E-state index in [1.165, 1.54) is 11.6 Å². The molecule has 98 valence electrons. The van der Waals surface area contributed by atoms with Gasteiger partial charge in [0, 0.05) is 12.6 Å². The van der Waals surface area contributed by atoms with Gasteiger partial charge in [-0.25, -0.2) is 0 Å². The molecular formula is C16H17NO2. The van der Waals surface area contributed by atoms with Gasteiger partial charge in [0.1, 0.15) is 5.76 Å². The van der Waals surface area contributed by atoms with Crippen LogP contribution in [-0.2, 0) is 4.79 Å². The average molecular weight is 255 g/mol. The maximum Gasteiger partial charge on any atom is 0.244 e. The fraction of sp³-hybridized carbons (Fsp3) is 0.188. The number of rotatable bonds is 5. The average Bonchev–Trinajstić information content (AvgIpc) is 2.96. The molecule has 0 fully saturated rings. The van der Waals surface area contributed by atoms with Gasteiger partial charge < -0.3 is 9.73 Å². The van der Waals surface area contributed by atoms with Crippen LogP contribution < -0.4 is 5.32 Å². The summed E-state index contributed by atoms with van der Waals surface area (Å²) in [7, 11) is 0. The molecule has 1 aromatic carbocycles. The van der Waals surface area contributed by atoms with Crippen LogP contribution in [0, 0.1) is 0 Å². The quantitative estimate of drug-likeness (QED) is 0.833. The van der Waals surface area contributed by atoms with E-state index in [4.69, 9.17) is 4.42 Å². The standard InChI is InChI=1S/C16H17NO2/c1-13(14-6-3-2-4-7-14)12-17-16(18)10-9-15-8-5-11-19-15/h2-11,13H,12H2,1H3,(H,17,18)/b10-9+/t13-/m1/s1. The van der Waals surface area contributed by atoms with Gasteiger partial charge in [0.15, 0.2) is 0 Å². The lowest BCUT2D eigenvalue weighted by Crippen LogP contribution is -2.25.